The minimum atomic E-state index is -4.96. The van der Waals surface area contributed by atoms with E-state index in [9.17, 15) is 43.2 Å². The summed E-state index contributed by atoms with van der Waals surface area (Å²) in [5, 5.41) is 10.6. The molecule has 3 unspecified atom stereocenters. The van der Waals surface area contributed by atoms with Crippen molar-refractivity contribution in [1.29, 1.82) is 0 Å². The van der Waals surface area contributed by atoms with Crippen LogP contribution in [-0.2, 0) is 65.4 Å². The maximum absolute atomic E-state index is 13.1. The van der Waals surface area contributed by atoms with E-state index in [0.29, 0.717) is 25.7 Å². The number of aliphatic hydroxyl groups is 1. The highest BCUT2D eigenvalue weighted by molar-refractivity contribution is 7.47. The molecule has 0 spiro atoms. The SMILES string of the molecule is CCCCCCCCCCCCCCCCCC(=O)OC[C@H](COP(=O)(O)OC[C@@H](O)COP(=O)(O)OC[C@@H](COC(=O)CCCCCCCCCCC)OC(=O)CCCCCCCCCCC)OC(=O)CCCCCCCCCCCCCCCCCCCCC(C)CC. The third kappa shape index (κ3) is 69.0. The molecule has 17 nitrogen and oxygen atoms in total. The second-order valence-electron chi connectivity index (χ2n) is 27.6. The summed E-state index contributed by atoms with van der Waals surface area (Å²) in [7, 11) is -9.90. The summed E-state index contributed by atoms with van der Waals surface area (Å²) in [5.41, 5.74) is 0. The smallest absolute Gasteiger partial charge is 0.462 e. The highest BCUT2D eigenvalue weighted by Crippen LogP contribution is 2.45. The Hall–Kier alpha value is -1.94. The van der Waals surface area contributed by atoms with Gasteiger partial charge in [-0.15, -0.1) is 0 Å². The standard InChI is InChI=1S/C76H148O17P2/c1-6-10-13-16-19-22-23-24-29-33-36-41-45-50-55-60-74(79)87-66-72(93-76(81)62-57-52-47-42-37-34-31-28-26-25-27-30-32-35-40-43-48-53-58-69(5)9-4)68-91-95(84,85)89-64-70(77)63-88-94(82,83)90-67-71(92-75(80)61-56-51-46-39-21-18-15-12-8-3)65-86-73(78)59-54-49-44-38-20-17-14-11-7-2/h69-72,77H,6-68H2,1-5H3,(H,82,83)(H,84,85)/t69?,70-,71+,72+/m0/s1. The summed E-state index contributed by atoms with van der Waals surface area (Å²) >= 11 is 0. The van der Waals surface area contributed by atoms with Gasteiger partial charge in [0.15, 0.2) is 12.2 Å². The van der Waals surface area contributed by atoms with E-state index >= 15 is 0 Å². The molecule has 0 aromatic heterocycles. The van der Waals surface area contributed by atoms with Gasteiger partial charge in [0.05, 0.1) is 26.4 Å². The number of phosphoric ester groups is 2. The molecule has 0 radical (unpaired) electrons. The van der Waals surface area contributed by atoms with Crippen LogP contribution in [-0.4, -0.2) is 96.7 Å². The first kappa shape index (κ1) is 93.1. The maximum atomic E-state index is 13.1. The van der Waals surface area contributed by atoms with E-state index in [-0.39, 0.29) is 25.7 Å². The van der Waals surface area contributed by atoms with Crippen LogP contribution in [0.4, 0.5) is 0 Å². The predicted octanol–water partition coefficient (Wildman–Crippen LogP) is 22.5. The number of hydrogen-bond donors (Lipinski definition) is 3. The van der Waals surface area contributed by atoms with E-state index in [2.05, 4.69) is 34.6 Å². The number of esters is 4. The Morgan fingerprint density at radius 3 is 0.747 bits per heavy atom. The molecule has 0 saturated carbocycles. The van der Waals surface area contributed by atoms with Gasteiger partial charge in [-0.3, -0.25) is 37.3 Å². The topological polar surface area (TPSA) is 237 Å². The molecule has 0 saturated heterocycles. The molecule has 19 heteroatoms. The zero-order valence-corrected chi connectivity index (χ0v) is 63.6. The van der Waals surface area contributed by atoms with Gasteiger partial charge in [-0.2, -0.15) is 0 Å². The maximum Gasteiger partial charge on any atom is 0.472 e. The fourth-order valence-corrected chi connectivity index (χ4v) is 13.3. The number of phosphoric acid groups is 2. The molecule has 95 heavy (non-hydrogen) atoms. The average molecular weight is 1400 g/mol. The van der Waals surface area contributed by atoms with E-state index in [0.717, 1.165) is 95.8 Å². The molecular weight excluding hydrogens is 1250 g/mol. The largest absolute Gasteiger partial charge is 0.472 e. The zero-order valence-electron chi connectivity index (χ0n) is 61.8. The molecule has 0 bridgehead atoms. The van der Waals surface area contributed by atoms with Crippen molar-refractivity contribution in [3.8, 4) is 0 Å². The van der Waals surface area contributed by atoms with E-state index < -0.39 is 97.5 Å². The first-order valence-electron chi connectivity index (χ1n) is 39.7. The van der Waals surface area contributed by atoms with Crippen LogP contribution in [0.5, 0.6) is 0 Å². The summed E-state index contributed by atoms with van der Waals surface area (Å²) in [4.78, 5) is 72.6. The van der Waals surface area contributed by atoms with E-state index in [1.807, 2.05) is 0 Å². The minimum Gasteiger partial charge on any atom is -0.462 e. The summed E-state index contributed by atoms with van der Waals surface area (Å²) in [6.45, 7) is 7.32. The molecule has 564 valence electrons. The number of hydrogen-bond acceptors (Lipinski definition) is 15. The molecule has 0 aliphatic carbocycles. The molecule has 0 fully saturated rings. The van der Waals surface area contributed by atoms with Gasteiger partial charge in [0.2, 0.25) is 0 Å². The van der Waals surface area contributed by atoms with Gasteiger partial charge in [0, 0.05) is 25.7 Å². The van der Waals surface area contributed by atoms with Crippen LogP contribution in [0.2, 0.25) is 0 Å². The Balaban J connectivity index is 5.15. The van der Waals surface area contributed by atoms with Crippen LogP contribution in [0.15, 0.2) is 0 Å². The lowest BCUT2D eigenvalue weighted by molar-refractivity contribution is -0.161. The molecule has 3 N–H and O–H groups in total. The molecule has 0 rings (SSSR count). The molecule has 0 aliphatic heterocycles. The fraction of sp³-hybridized carbons (Fsp3) is 0.947. The quantitative estimate of drug-likeness (QED) is 0.0222. The molecule has 0 aromatic rings. The molecule has 0 heterocycles. The van der Waals surface area contributed by atoms with E-state index in [1.54, 1.807) is 0 Å². The lowest BCUT2D eigenvalue weighted by Crippen LogP contribution is -2.30. The van der Waals surface area contributed by atoms with Crippen molar-refractivity contribution < 1.29 is 80.2 Å². The number of carbonyl (C=O) groups is 4. The van der Waals surface area contributed by atoms with E-state index in [4.69, 9.17) is 37.0 Å². The normalized spacial score (nSPS) is 14.2. The molecule has 0 amide bonds. The Bertz CT molecular complexity index is 1820. The van der Waals surface area contributed by atoms with Crippen LogP contribution < -0.4 is 0 Å². The minimum absolute atomic E-state index is 0.106. The molecular formula is C76H148O17P2. The second-order valence-corrected chi connectivity index (χ2v) is 30.5. The summed E-state index contributed by atoms with van der Waals surface area (Å²) in [6, 6.07) is 0. The second kappa shape index (κ2) is 69.2. The number of carbonyl (C=O) groups excluding carboxylic acids is 4. The molecule has 0 aromatic carbocycles. The summed E-state index contributed by atoms with van der Waals surface area (Å²) in [6.07, 6.45) is 58.3. The summed E-state index contributed by atoms with van der Waals surface area (Å²) < 4.78 is 68.4. The fourth-order valence-electron chi connectivity index (χ4n) is 11.7. The average Bonchev–Trinajstić information content (AvgIpc) is 1.30. The van der Waals surface area contributed by atoms with Gasteiger partial charge in [-0.05, 0) is 31.6 Å². The van der Waals surface area contributed by atoms with Crippen molar-refractivity contribution in [1.82, 2.24) is 0 Å². The van der Waals surface area contributed by atoms with Crippen LogP contribution >= 0.6 is 15.6 Å². The lowest BCUT2D eigenvalue weighted by atomic mass is 9.99. The number of aliphatic hydroxyl groups excluding tert-OH is 1. The highest BCUT2D eigenvalue weighted by atomic mass is 31.2. The first-order valence-corrected chi connectivity index (χ1v) is 42.7. The van der Waals surface area contributed by atoms with Crippen molar-refractivity contribution in [2.24, 2.45) is 5.92 Å². The molecule has 0 aliphatic rings. The Kier molecular flexibility index (Phi) is 67.7. The number of rotatable bonds is 76. The van der Waals surface area contributed by atoms with Crippen molar-refractivity contribution in [2.75, 3.05) is 39.6 Å². The van der Waals surface area contributed by atoms with E-state index in [1.165, 1.54) is 225 Å². The van der Waals surface area contributed by atoms with Gasteiger partial charge >= 0.3 is 39.5 Å². The van der Waals surface area contributed by atoms with Crippen molar-refractivity contribution >= 4 is 39.5 Å². The third-order valence-corrected chi connectivity index (χ3v) is 20.0. The zero-order chi connectivity index (χ0) is 69.8. The van der Waals surface area contributed by atoms with Crippen molar-refractivity contribution in [3.05, 3.63) is 0 Å². The highest BCUT2D eigenvalue weighted by Gasteiger charge is 2.30. The van der Waals surface area contributed by atoms with Gasteiger partial charge in [-0.1, -0.05) is 349 Å². The predicted molar refractivity (Wildman–Crippen MR) is 386 cm³/mol. The lowest BCUT2D eigenvalue weighted by Gasteiger charge is -2.21. The van der Waals surface area contributed by atoms with Gasteiger partial charge in [0.1, 0.15) is 19.3 Å². The molecule has 6 atom stereocenters. The van der Waals surface area contributed by atoms with Crippen LogP contribution in [0.1, 0.15) is 401 Å². The Morgan fingerprint density at radius 2 is 0.505 bits per heavy atom. The van der Waals surface area contributed by atoms with Crippen molar-refractivity contribution in [3.63, 3.8) is 0 Å². The van der Waals surface area contributed by atoms with Crippen LogP contribution in [0.3, 0.4) is 0 Å². The van der Waals surface area contributed by atoms with Gasteiger partial charge < -0.3 is 33.8 Å². The number of unbranched alkanes of at least 4 members (excludes halogenated alkanes) is 47. The monoisotopic (exact) mass is 1400 g/mol. The number of ether oxygens (including phenoxy) is 4. The first-order chi connectivity index (χ1) is 46.1. The van der Waals surface area contributed by atoms with Crippen LogP contribution in [0, 0.1) is 5.92 Å². The van der Waals surface area contributed by atoms with Gasteiger partial charge in [-0.25, -0.2) is 9.13 Å². The Morgan fingerprint density at radius 1 is 0.295 bits per heavy atom. The third-order valence-electron chi connectivity index (χ3n) is 18.1. The van der Waals surface area contributed by atoms with Gasteiger partial charge in [0.25, 0.3) is 0 Å². The van der Waals surface area contributed by atoms with Crippen LogP contribution in [0.25, 0.3) is 0 Å². The summed E-state index contributed by atoms with van der Waals surface area (Å²) in [5.74, 6) is -1.25. The Labute approximate surface area is 581 Å². The van der Waals surface area contributed by atoms with Crippen molar-refractivity contribution in [2.45, 2.75) is 419 Å².